The van der Waals surface area contributed by atoms with Crippen molar-refractivity contribution in [2.45, 2.75) is 45.2 Å². The molecular formula is C20H25ClN3O3+. The normalized spacial score (nSPS) is 31.8. The molecular weight excluding hydrogens is 366 g/mol. The van der Waals surface area contributed by atoms with Crippen LogP contribution in [0.15, 0.2) is 18.2 Å². The lowest BCUT2D eigenvalue weighted by atomic mass is 9.76. The molecule has 3 aliphatic heterocycles. The quantitative estimate of drug-likeness (QED) is 0.764. The lowest BCUT2D eigenvalue weighted by Crippen LogP contribution is -2.99. The number of imide groups is 1. The van der Waals surface area contributed by atoms with E-state index in [0.717, 1.165) is 18.4 Å². The van der Waals surface area contributed by atoms with Crippen molar-refractivity contribution < 1.29 is 19.7 Å². The van der Waals surface area contributed by atoms with Crippen LogP contribution in [0, 0.1) is 17.8 Å². The number of benzene rings is 1. The second-order valence-electron chi connectivity index (χ2n) is 8.19. The number of nitrogens with one attached hydrogen (secondary N) is 1. The first-order chi connectivity index (χ1) is 12.8. The van der Waals surface area contributed by atoms with Gasteiger partial charge in [0.15, 0.2) is 0 Å². The van der Waals surface area contributed by atoms with Crippen LogP contribution in [0.5, 0.6) is 0 Å². The highest BCUT2D eigenvalue weighted by molar-refractivity contribution is 6.31. The van der Waals surface area contributed by atoms with Crippen LogP contribution in [0.3, 0.4) is 0 Å². The third-order valence-corrected chi connectivity index (χ3v) is 6.59. The molecule has 2 fully saturated rings. The Bertz CT molecular complexity index is 840. The van der Waals surface area contributed by atoms with Gasteiger partial charge < -0.3 is 10.6 Å². The van der Waals surface area contributed by atoms with Crippen molar-refractivity contribution in [2.24, 2.45) is 17.8 Å². The fourth-order valence-electron chi connectivity index (χ4n) is 5.06. The Morgan fingerprint density at radius 1 is 1.26 bits per heavy atom. The molecule has 0 aliphatic carbocycles. The fourth-order valence-corrected chi connectivity index (χ4v) is 5.23. The number of nitrogens with two attached hydrogens (primary N) is 1. The van der Waals surface area contributed by atoms with Gasteiger partial charge in [0, 0.05) is 23.0 Å². The minimum Gasteiger partial charge on any atom is -0.326 e. The summed E-state index contributed by atoms with van der Waals surface area (Å²) in [7, 11) is 0. The first-order valence-corrected chi connectivity index (χ1v) is 10.0. The van der Waals surface area contributed by atoms with E-state index in [9.17, 15) is 14.4 Å². The van der Waals surface area contributed by atoms with Crippen LogP contribution in [0.25, 0.3) is 0 Å². The number of likely N-dealkylation sites (tertiary alicyclic amines) is 1. The number of nitrogens with zero attached hydrogens (tertiary/aromatic N) is 1. The van der Waals surface area contributed by atoms with E-state index in [1.54, 1.807) is 18.2 Å². The molecule has 1 aromatic rings. The highest BCUT2D eigenvalue weighted by Crippen LogP contribution is 2.50. The van der Waals surface area contributed by atoms with E-state index < -0.39 is 17.4 Å². The molecule has 3 N–H and O–H groups in total. The maximum Gasteiger partial charge on any atom is 0.291 e. The molecule has 3 amide bonds. The first kappa shape index (κ1) is 18.4. The van der Waals surface area contributed by atoms with Crippen molar-refractivity contribution in [1.82, 2.24) is 4.90 Å². The molecule has 6 nitrogen and oxygen atoms in total. The van der Waals surface area contributed by atoms with Crippen molar-refractivity contribution >= 4 is 35.0 Å². The van der Waals surface area contributed by atoms with Gasteiger partial charge in [0.1, 0.15) is 17.9 Å². The number of amides is 3. The number of halogens is 1. The summed E-state index contributed by atoms with van der Waals surface area (Å²) >= 11 is 6.22. The number of carbonyl (C=O) groups excluding carboxylic acids is 3. The molecule has 2 saturated heterocycles. The van der Waals surface area contributed by atoms with E-state index in [-0.39, 0.29) is 29.7 Å². The molecule has 4 atom stereocenters. The highest BCUT2D eigenvalue weighted by atomic mass is 35.5. The lowest BCUT2D eigenvalue weighted by Gasteiger charge is -2.27. The molecule has 0 aromatic heterocycles. The zero-order chi connectivity index (χ0) is 19.5. The van der Waals surface area contributed by atoms with Crippen LogP contribution < -0.4 is 10.6 Å². The summed E-state index contributed by atoms with van der Waals surface area (Å²) < 4.78 is 0. The van der Waals surface area contributed by atoms with E-state index in [2.05, 4.69) is 5.32 Å². The first-order valence-electron chi connectivity index (χ1n) is 9.65. The van der Waals surface area contributed by atoms with Crippen molar-refractivity contribution in [3.05, 3.63) is 28.8 Å². The molecule has 4 rings (SSSR count). The molecule has 7 heteroatoms. The van der Waals surface area contributed by atoms with E-state index in [0.29, 0.717) is 17.3 Å². The summed E-state index contributed by atoms with van der Waals surface area (Å²) in [6, 6.07) is 5.12. The number of fused-ring (bicyclic) bond motifs is 4. The highest BCUT2D eigenvalue weighted by Gasteiger charge is 2.74. The summed E-state index contributed by atoms with van der Waals surface area (Å²) in [5.74, 6) is -1.60. The number of hydrogen-bond donors (Lipinski definition) is 2. The van der Waals surface area contributed by atoms with Crippen LogP contribution >= 0.6 is 11.6 Å². The van der Waals surface area contributed by atoms with Gasteiger partial charge in [-0.1, -0.05) is 38.8 Å². The van der Waals surface area contributed by atoms with Gasteiger partial charge in [-0.05, 0) is 24.6 Å². The summed E-state index contributed by atoms with van der Waals surface area (Å²) in [6.45, 7) is 6.53. The van der Waals surface area contributed by atoms with Gasteiger partial charge in [-0.2, -0.15) is 0 Å². The topological polar surface area (TPSA) is 83.1 Å². The Kier molecular flexibility index (Phi) is 4.31. The Labute approximate surface area is 163 Å². The predicted molar refractivity (Wildman–Crippen MR) is 101 cm³/mol. The van der Waals surface area contributed by atoms with Gasteiger partial charge in [0.25, 0.3) is 5.91 Å². The number of hydrogen-bond acceptors (Lipinski definition) is 3. The van der Waals surface area contributed by atoms with E-state index >= 15 is 0 Å². The number of unbranched alkanes of at least 4 members (excludes halogenated alkanes) is 1. The molecule has 0 saturated carbocycles. The molecule has 0 bridgehead atoms. The third-order valence-electron chi connectivity index (χ3n) is 6.36. The maximum absolute atomic E-state index is 13.3. The third kappa shape index (κ3) is 2.39. The van der Waals surface area contributed by atoms with E-state index in [4.69, 9.17) is 11.6 Å². The van der Waals surface area contributed by atoms with Gasteiger partial charge in [-0.15, -0.1) is 0 Å². The standard InChI is InChI=1S/C20H24ClN3O3/c1-4-5-8-24-17(25)14-15(18(24)26)20(23-16(14)10(2)3)12-9-11(21)6-7-13(12)22-19(20)27/h6-7,9-10,14-16,23H,4-5,8H2,1-3H3,(H,22,27)/p+1/t14-,15-,16+,20-/m0/s1. The summed E-state index contributed by atoms with van der Waals surface area (Å²) in [6.07, 6.45) is 1.67. The summed E-state index contributed by atoms with van der Waals surface area (Å²) in [5, 5.41) is 5.38. The van der Waals surface area contributed by atoms with E-state index in [1.165, 1.54) is 4.90 Å². The van der Waals surface area contributed by atoms with Crippen LogP contribution in [0.1, 0.15) is 39.2 Å². The number of quaternary nitrogens is 1. The van der Waals surface area contributed by atoms with Gasteiger partial charge >= 0.3 is 0 Å². The second kappa shape index (κ2) is 6.31. The van der Waals surface area contributed by atoms with Crippen LogP contribution in [0.2, 0.25) is 5.02 Å². The van der Waals surface area contributed by atoms with Gasteiger partial charge in [-0.25, -0.2) is 0 Å². The zero-order valence-electron chi connectivity index (χ0n) is 15.8. The Hall–Kier alpha value is -1.92. The van der Waals surface area contributed by atoms with Crippen LogP contribution in [-0.4, -0.2) is 35.2 Å². The largest absolute Gasteiger partial charge is 0.326 e. The van der Waals surface area contributed by atoms with Crippen molar-refractivity contribution in [3.63, 3.8) is 0 Å². The Morgan fingerprint density at radius 3 is 2.67 bits per heavy atom. The smallest absolute Gasteiger partial charge is 0.291 e. The Morgan fingerprint density at radius 2 is 2.00 bits per heavy atom. The van der Waals surface area contributed by atoms with Crippen LogP contribution in [-0.2, 0) is 19.9 Å². The minimum atomic E-state index is -1.12. The maximum atomic E-state index is 13.3. The van der Waals surface area contributed by atoms with Crippen molar-refractivity contribution in [1.29, 1.82) is 0 Å². The molecule has 3 heterocycles. The average Bonchev–Trinajstić information content (AvgIpc) is 3.20. The molecule has 144 valence electrons. The predicted octanol–water partition coefficient (Wildman–Crippen LogP) is 1.49. The van der Waals surface area contributed by atoms with Gasteiger partial charge in [-0.3, -0.25) is 19.3 Å². The Balaban J connectivity index is 1.86. The van der Waals surface area contributed by atoms with Crippen LogP contribution in [0.4, 0.5) is 5.69 Å². The fraction of sp³-hybridized carbons (Fsp3) is 0.550. The SMILES string of the molecule is CCCCN1C(=O)[C@@H]2[C@@H](C(C)C)[NH2+][C@]3(C(=O)Nc4ccc(Cl)cc43)[C@@H]2C1=O. The molecule has 3 aliphatic rings. The number of anilines is 1. The number of rotatable bonds is 4. The average molecular weight is 391 g/mol. The van der Waals surface area contributed by atoms with Gasteiger partial charge in [0.05, 0.1) is 5.69 Å². The molecule has 0 radical (unpaired) electrons. The summed E-state index contributed by atoms with van der Waals surface area (Å²) in [4.78, 5) is 41.1. The van der Waals surface area contributed by atoms with E-state index in [1.807, 2.05) is 26.1 Å². The molecule has 27 heavy (non-hydrogen) atoms. The summed E-state index contributed by atoms with van der Waals surface area (Å²) in [5.41, 5.74) is 0.279. The second-order valence-corrected chi connectivity index (χ2v) is 8.62. The van der Waals surface area contributed by atoms with Gasteiger partial charge in [0.2, 0.25) is 17.4 Å². The van der Waals surface area contributed by atoms with Crippen molar-refractivity contribution in [2.75, 3.05) is 11.9 Å². The minimum absolute atomic E-state index is 0.131. The lowest BCUT2D eigenvalue weighted by molar-refractivity contribution is -0.738. The van der Waals surface area contributed by atoms with Crippen molar-refractivity contribution in [3.8, 4) is 0 Å². The monoisotopic (exact) mass is 390 g/mol. The molecule has 1 spiro atoms. The molecule has 1 aromatic carbocycles. The zero-order valence-corrected chi connectivity index (χ0v) is 16.5. The molecule has 0 unspecified atom stereocenters. The number of carbonyl (C=O) groups is 3.